The quantitative estimate of drug-likeness (QED) is 0.0854. The maximum absolute atomic E-state index is 15.3. The lowest BCUT2D eigenvalue weighted by molar-refractivity contribution is -0.137. The van der Waals surface area contributed by atoms with Gasteiger partial charge < -0.3 is 14.9 Å². The van der Waals surface area contributed by atoms with E-state index in [-0.39, 0.29) is 12.4 Å². The van der Waals surface area contributed by atoms with Gasteiger partial charge in [0, 0.05) is 29.3 Å². The molecule has 0 atom stereocenters. The maximum atomic E-state index is 15.3. The molecule has 0 aliphatic heterocycles. The third-order valence-electron chi connectivity index (χ3n) is 6.66. The number of hydrogen-bond donors (Lipinski definition) is 1. The van der Waals surface area contributed by atoms with Gasteiger partial charge in [-0.3, -0.25) is 0 Å². The van der Waals surface area contributed by atoms with Crippen molar-refractivity contribution in [3.8, 4) is 39.1 Å². The van der Waals surface area contributed by atoms with E-state index in [0.29, 0.717) is 30.1 Å². The number of aryl methyl sites for hydroxylation is 1. The van der Waals surface area contributed by atoms with E-state index < -0.39 is 5.97 Å². The first-order chi connectivity index (χ1) is 19.4. The first kappa shape index (κ1) is 28.5. The molecule has 1 N–H and O–H groups in total. The Morgan fingerprint density at radius 1 is 0.850 bits per heavy atom. The molecule has 4 rings (SSSR count). The van der Waals surface area contributed by atoms with Crippen LogP contribution in [0.25, 0.3) is 33.4 Å². The fourth-order valence-corrected chi connectivity index (χ4v) is 4.57. The van der Waals surface area contributed by atoms with Crippen molar-refractivity contribution in [2.75, 3.05) is 13.2 Å². The Labute approximate surface area is 235 Å². The summed E-state index contributed by atoms with van der Waals surface area (Å²) in [5.74, 6) is -0.131. The number of benzene rings is 4. The molecule has 40 heavy (non-hydrogen) atoms. The molecule has 0 spiro atoms. The minimum atomic E-state index is -0.452. The van der Waals surface area contributed by atoms with Gasteiger partial charge in [-0.25, -0.2) is 9.18 Å². The largest absolute Gasteiger partial charge is 0.493 e. The van der Waals surface area contributed by atoms with Crippen molar-refractivity contribution in [1.82, 2.24) is 0 Å². The van der Waals surface area contributed by atoms with Gasteiger partial charge in [0.2, 0.25) is 0 Å². The van der Waals surface area contributed by atoms with Crippen molar-refractivity contribution in [2.45, 2.75) is 33.1 Å². The standard InChI is InChI=1S/C35H34FNO3/c1-4-7-25-8-10-26(11-9-25)28-14-18-31(33(22-28)24(3)37)29-15-19-32(34(36)23-29)27-12-16-30(17-13-27)39-20-6-21-40-35(38)5-2/h5,8-19,22-23,37H,2,4,6-7,20-21H2,1,3H3. The minimum absolute atomic E-state index is 0.259. The molecule has 0 saturated heterocycles. The zero-order chi connectivity index (χ0) is 28.5. The van der Waals surface area contributed by atoms with Crippen LogP contribution in [0.1, 0.15) is 37.8 Å². The zero-order valence-electron chi connectivity index (χ0n) is 23.0. The van der Waals surface area contributed by atoms with Gasteiger partial charge in [0.1, 0.15) is 11.6 Å². The predicted octanol–water partition coefficient (Wildman–Crippen LogP) is 8.67. The molecule has 0 bridgehead atoms. The molecule has 4 aromatic carbocycles. The summed E-state index contributed by atoms with van der Waals surface area (Å²) in [5.41, 5.74) is 7.43. The molecule has 0 aliphatic rings. The third-order valence-corrected chi connectivity index (χ3v) is 6.66. The molecule has 4 nitrogen and oxygen atoms in total. The molecule has 0 aliphatic carbocycles. The van der Waals surface area contributed by atoms with Crippen molar-refractivity contribution >= 4 is 11.7 Å². The number of nitrogens with one attached hydrogen (secondary N) is 1. The second-order valence-electron chi connectivity index (χ2n) is 9.62. The van der Waals surface area contributed by atoms with Gasteiger partial charge in [-0.1, -0.05) is 80.6 Å². The first-order valence-electron chi connectivity index (χ1n) is 13.5. The highest BCUT2D eigenvalue weighted by Gasteiger charge is 2.13. The molecule has 0 aromatic heterocycles. The van der Waals surface area contributed by atoms with E-state index in [1.54, 1.807) is 25.1 Å². The van der Waals surface area contributed by atoms with Crippen molar-refractivity contribution in [1.29, 1.82) is 5.41 Å². The predicted molar refractivity (Wildman–Crippen MR) is 160 cm³/mol. The van der Waals surface area contributed by atoms with Crippen molar-refractivity contribution < 1.29 is 18.7 Å². The molecule has 0 fully saturated rings. The Morgan fingerprint density at radius 2 is 1.50 bits per heavy atom. The Hall–Kier alpha value is -4.51. The summed E-state index contributed by atoms with van der Waals surface area (Å²) < 4.78 is 26.0. The average molecular weight is 536 g/mol. The van der Waals surface area contributed by atoms with Crippen LogP contribution in [-0.4, -0.2) is 24.9 Å². The van der Waals surface area contributed by atoms with Crippen LogP contribution >= 0.6 is 0 Å². The van der Waals surface area contributed by atoms with Crippen LogP contribution in [-0.2, 0) is 16.0 Å². The smallest absolute Gasteiger partial charge is 0.330 e. The van der Waals surface area contributed by atoms with E-state index >= 15 is 4.39 Å². The molecule has 0 heterocycles. The van der Waals surface area contributed by atoms with E-state index in [1.165, 1.54) is 11.6 Å². The highest BCUT2D eigenvalue weighted by Crippen LogP contribution is 2.33. The van der Waals surface area contributed by atoms with Crippen LogP contribution in [0.15, 0.2) is 97.6 Å². The van der Waals surface area contributed by atoms with Crippen LogP contribution < -0.4 is 4.74 Å². The van der Waals surface area contributed by atoms with Gasteiger partial charge >= 0.3 is 5.97 Å². The van der Waals surface area contributed by atoms with Gasteiger partial charge in [0.25, 0.3) is 0 Å². The maximum Gasteiger partial charge on any atom is 0.330 e. The van der Waals surface area contributed by atoms with E-state index in [9.17, 15) is 4.79 Å². The lowest BCUT2D eigenvalue weighted by Gasteiger charge is -2.14. The van der Waals surface area contributed by atoms with Gasteiger partial charge in [-0.05, 0) is 71.0 Å². The number of carbonyl (C=O) groups excluding carboxylic acids is 1. The monoisotopic (exact) mass is 535 g/mol. The Kier molecular flexibility index (Phi) is 9.63. The number of hydrogen-bond acceptors (Lipinski definition) is 4. The summed E-state index contributed by atoms with van der Waals surface area (Å²) in [6.45, 7) is 7.94. The molecular formula is C35H34FNO3. The Balaban J connectivity index is 1.49. The topological polar surface area (TPSA) is 59.4 Å². The van der Waals surface area contributed by atoms with Crippen LogP contribution in [0, 0.1) is 11.2 Å². The number of esters is 1. The number of carbonyl (C=O) groups is 1. The summed E-state index contributed by atoms with van der Waals surface area (Å²) in [6.07, 6.45) is 3.85. The summed E-state index contributed by atoms with van der Waals surface area (Å²) in [5, 5.41) is 8.39. The van der Waals surface area contributed by atoms with Gasteiger partial charge in [0.05, 0.1) is 13.2 Å². The van der Waals surface area contributed by atoms with Crippen LogP contribution in [0.4, 0.5) is 4.39 Å². The third kappa shape index (κ3) is 7.11. The van der Waals surface area contributed by atoms with Gasteiger partial charge in [-0.2, -0.15) is 0 Å². The molecule has 0 saturated carbocycles. The van der Waals surface area contributed by atoms with E-state index in [1.807, 2.05) is 36.4 Å². The molecule has 5 heteroatoms. The summed E-state index contributed by atoms with van der Waals surface area (Å²) >= 11 is 0. The van der Waals surface area contributed by atoms with E-state index in [2.05, 4.69) is 37.8 Å². The lowest BCUT2D eigenvalue weighted by atomic mass is 9.91. The fourth-order valence-electron chi connectivity index (χ4n) is 4.57. The normalized spacial score (nSPS) is 10.7. The first-order valence-corrected chi connectivity index (χ1v) is 13.5. The molecule has 0 radical (unpaired) electrons. The fraction of sp³-hybridized carbons (Fsp3) is 0.200. The van der Waals surface area contributed by atoms with E-state index in [4.69, 9.17) is 14.9 Å². The lowest BCUT2D eigenvalue weighted by Crippen LogP contribution is -2.06. The zero-order valence-corrected chi connectivity index (χ0v) is 23.0. The SMILES string of the molecule is C=CC(=O)OCCCOc1ccc(-c2ccc(-c3ccc(-c4ccc(CCC)cc4)cc3C(C)=N)cc2F)cc1. The van der Waals surface area contributed by atoms with Crippen LogP contribution in [0.2, 0.25) is 0 Å². The molecule has 0 unspecified atom stereocenters. The Bertz CT molecular complexity index is 1490. The van der Waals surface area contributed by atoms with Crippen molar-refractivity contribution in [3.05, 3.63) is 115 Å². The highest BCUT2D eigenvalue weighted by molar-refractivity contribution is 6.03. The Morgan fingerprint density at radius 3 is 2.15 bits per heavy atom. The van der Waals surface area contributed by atoms with Crippen LogP contribution in [0.3, 0.4) is 0 Å². The molecule has 4 aromatic rings. The van der Waals surface area contributed by atoms with Crippen molar-refractivity contribution in [3.63, 3.8) is 0 Å². The summed E-state index contributed by atoms with van der Waals surface area (Å²) in [7, 11) is 0. The van der Waals surface area contributed by atoms with Gasteiger partial charge in [-0.15, -0.1) is 0 Å². The summed E-state index contributed by atoms with van der Waals surface area (Å²) in [6, 6.07) is 27.0. The average Bonchev–Trinajstić information content (AvgIpc) is 2.97. The number of halogens is 1. The second kappa shape index (κ2) is 13.5. The van der Waals surface area contributed by atoms with Crippen molar-refractivity contribution in [2.24, 2.45) is 0 Å². The number of ether oxygens (including phenoxy) is 2. The van der Waals surface area contributed by atoms with Crippen LogP contribution in [0.5, 0.6) is 5.75 Å². The molecule has 204 valence electrons. The van der Waals surface area contributed by atoms with Gasteiger partial charge in [0.15, 0.2) is 0 Å². The summed E-state index contributed by atoms with van der Waals surface area (Å²) in [4.78, 5) is 11.1. The highest BCUT2D eigenvalue weighted by atomic mass is 19.1. The molecule has 0 amide bonds. The second-order valence-corrected chi connectivity index (χ2v) is 9.62. The number of rotatable bonds is 12. The van der Waals surface area contributed by atoms with E-state index in [0.717, 1.165) is 52.3 Å². The minimum Gasteiger partial charge on any atom is -0.493 e. The molecular weight excluding hydrogens is 501 g/mol.